The van der Waals surface area contributed by atoms with Gasteiger partial charge in [-0.25, -0.2) is 0 Å². The van der Waals surface area contributed by atoms with Crippen molar-refractivity contribution in [1.29, 1.82) is 0 Å². The zero-order valence-corrected chi connectivity index (χ0v) is 13.6. The third-order valence-electron chi connectivity index (χ3n) is 3.89. The molecule has 0 radical (unpaired) electrons. The third kappa shape index (κ3) is 3.93. The predicted molar refractivity (Wildman–Crippen MR) is 97.0 cm³/mol. The second-order valence-corrected chi connectivity index (χ2v) is 5.97. The fourth-order valence-electron chi connectivity index (χ4n) is 2.79. The van der Waals surface area contributed by atoms with Gasteiger partial charge in [0.05, 0.1) is 16.4 Å². The van der Waals surface area contributed by atoms with Gasteiger partial charge in [-0.15, -0.1) is 0 Å². The fraction of sp³-hybridized carbons (Fsp3) is 0.211. The molecule has 0 aliphatic carbocycles. The van der Waals surface area contributed by atoms with Crippen molar-refractivity contribution in [2.45, 2.75) is 12.8 Å². The van der Waals surface area contributed by atoms with Gasteiger partial charge in [-0.2, -0.15) is 0 Å². The third-order valence-corrected chi connectivity index (χ3v) is 4.20. The molecular weight excluding hydrogens is 308 g/mol. The molecule has 0 atom stereocenters. The molecule has 2 aromatic carbocycles. The van der Waals surface area contributed by atoms with E-state index in [9.17, 15) is 4.79 Å². The molecule has 0 unspecified atom stereocenters. The molecule has 3 rings (SSSR count). The molecule has 3 nitrogen and oxygen atoms in total. The van der Waals surface area contributed by atoms with Gasteiger partial charge in [0.25, 0.3) is 0 Å². The Hall–Kier alpha value is -2.26. The molecule has 1 heterocycles. The Morgan fingerprint density at radius 1 is 1.04 bits per heavy atom. The van der Waals surface area contributed by atoms with Crippen molar-refractivity contribution in [3.05, 3.63) is 65.2 Å². The minimum Gasteiger partial charge on any atom is -0.369 e. The van der Waals surface area contributed by atoms with Crippen molar-refractivity contribution < 1.29 is 4.79 Å². The van der Waals surface area contributed by atoms with Gasteiger partial charge in [0.15, 0.2) is 0 Å². The van der Waals surface area contributed by atoms with Crippen LogP contribution in [0.4, 0.5) is 11.4 Å². The van der Waals surface area contributed by atoms with Crippen LogP contribution in [0.15, 0.2) is 54.6 Å². The van der Waals surface area contributed by atoms with E-state index in [2.05, 4.69) is 10.2 Å². The molecule has 1 amide bonds. The van der Waals surface area contributed by atoms with Crippen molar-refractivity contribution >= 4 is 35.0 Å². The summed E-state index contributed by atoms with van der Waals surface area (Å²) in [5.74, 6) is -0.156. The monoisotopic (exact) mass is 326 g/mol. The Bertz CT molecular complexity index is 707. The van der Waals surface area contributed by atoms with Crippen molar-refractivity contribution in [2.24, 2.45) is 0 Å². The van der Waals surface area contributed by atoms with Crippen molar-refractivity contribution in [1.82, 2.24) is 0 Å². The summed E-state index contributed by atoms with van der Waals surface area (Å²) in [7, 11) is 0. The Morgan fingerprint density at radius 3 is 2.52 bits per heavy atom. The molecule has 1 N–H and O–H groups in total. The van der Waals surface area contributed by atoms with Crippen LogP contribution in [0.2, 0.25) is 5.02 Å². The molecule has 2 aromatic rings. The number of anilines is 2. The lowest BCUT2D eigenvalue weighted by atomic mass is 10.2. The summed E-state index contributed by atoms with van der Waals surface area (Å²) in [4.78, 5) is 14.4. The molecule has 23 heavy (non-hydrogen) atoms. The molecule has 118 valence electrons. The van der Waals surface area contributed by atoms with E-state index < -0.39 is 0 Å². The fourth-order valence-corrected chi connectivity index (χ4v) is 3.08. The van der Waals surface area contributed by atoms with Crippen LogP contribution in [-0.2, 0) is 4.79 Å². The van der Waals surface area contributed by atoms with Gasteiger partial charge < -0.3 is 10.2 Å². The van der Waals surface area contributed by atoms with Gasteiger partial charge in [0.1, 0.15) is 0 Å². The quantitative estimate of drug-likeness (QED) is 0.833. The second-order valence-electron chi connectivity index (χ2n) is 5.56. The summed E-state index contributed by atoms with van der Waals surface area (Å²) in [6.45, 7) is 1.96. The Kier molecular flexibility index (Phi) is 4.99. The zero-order chi connectivity index (χ0) is 16.1. The average Bonchev–Trinajstić information content (AvgIpc) is 3.08. The molecule has 0 bridgehead atoms. The lowest BCUT2D eigenvalue weighted by Crippen LogP contribution is -2.21. The summed E-state index contributed by atoms with van der Waals surface area (Å²) >= 11 is 6.35. The molecule has 1 saturated heterocycles. The SMILES string of the molecule is O=C(C=Cc1ccccc1)Nc1cccc(Cl)c1N1CCCC1. The number of amides is 1. The summed E-state index contributed by atoms with van der Waals surface area (Å²) in [6, 6.07) is 15.4. The lowest BCUT2D eigenvalue weighted by Gasteiger charge is -2.22. The van der Waals surface area contributed by atoms with Crippen LogP contribution in [-0.4, -0.2) is 19.0 Å². The molecule has 0 spiro atoms. The van der Waals surface area contributed by atoms with Gasteiger partial charge in [-0.05, 0) is 36.6 Å². The minimum atomic E-state index is -0.156. The average molecular weight is 327 g/mol. The Morgan fingerprint density at radius 2 is 1.78 bits per heavy atom. The summed E-state index contributed by atoms with van der Waals surface area (Å²) in [6.07, 6.45) is 5.67. The largest absolute Gasteiger partial charge is 0.369 e. The highest BCUT2D eigenvalue weighted by Crippen LogP contribution is 2.35. The second kappa shape index (κ2) is 7.34. The highest BCUT2D eigenvalue weighted by Gasteiger charge is 2.19. The van der Waals surface area contributed by atoms with Crippen molar-refractivity contribution in [3.8, 4) is 0 Å². The Labute approximate surface area is 141 Å². The smallest absolute Gasteiger partial charge is 0.248 e. The molecule has 1 aliphatic heterocycles. The first kappa shape index (κ1) is 15.6. The van der Waals surface area contributed by atoms with E-state index in [1.165, 1.54) is 0 Å². The van der Waals surface area contributed by atoms with Gasteiger partial charge in [-0.3, -0.25) is 4.79 Å². The lowest BCUT2D eigenvalue weighted by molar-refractivity contribution is -0.111. The van der Waals surface area contributed by atoms with E-state index in [4.69, 9.17) is 11.6 Å². The van der Waals surface area contributed by atoms with E-state index >= 15 is 0 Å². The highest BCUT2D eigenvalue weighted by molar-refractivity contribution is 6.34. The molecular formula is C19H19ClN2O. The van der Waals surface area contributed by atoms with Crippen LogP contribution in [0.5, 0.6) is 0 Å². The first-order valence-electron chi connectivity index (χ1n) is 7.81. The van der Waals surface area contributed by atoms with Gasteiger partial charge >= 0.3 is 0 Å². The van der Waals surface area contributed by atoms with Gasteiger partial charge in [0.2, 0.25) is 5.91 Å². The van der Waals surface area contributed by atoms with Gasteiger partial charge in [-0.1, -0.05) is 48.0 Å². The summed E-state index contributed by atoms with van der Waals surface area (Å²) in [5.41, 5.74) is 2.68. The normalized spacial score (nSPS) is 14.4. The van der Waals surface area contributed by atoms with E-state index in [0.29, 0.717) is 5.02 Å². The molecule has 0 aromatic heterocycles. The number of para-hydroxylation sites is 1. The standard InChI is InChI=1S/C19H19ClN2O/c20-16-9-6-10-17(19(16)22-13-4-5-14-22)21-18(23)12-11-15-7-2-1-3-8-15/h1-3,6-12H,4-5,13-14H2,(H,21,23). The number of carbonyl (C=O) groups is 1. The van der Waals surface area contributed by atoms with Crippen LogP contribution in [0.1, 0.15) is 18.4 Å². The predicted octanol–water partition coefficient (Wildman–Crippen LogP) is 4.59. The number of carbonyl (C=O) groups excluding carboxylic acids is 1. The van der Waals surface area contributed by atoms with E-state index in [-0.39, 0.29) is 5.91 Å². The topological polar surface area (TPSA) is 32.3 Å². The maximum absolute atomic E-state index is 12.2. The maximum atomic E-state index is 12.2. The summed E-state index contributed by atoms with van der Waals surface area (Å²) < 4.78 is 0. The molecule has 1 fully saturated rings. The van der Waals surface area contributed by atoms with Crippen molar-refractivity contribution in [2.75, 3.05) is 23.3 Å². The number of hydrogen-bond donors (Lipinski definition) is 1. The van der Waals surface area contributed by atoms with E-state index in [0.717, 1.165) is 42.9 Å². The van der Waals surface area contributed by atoms with Gasteiger partial charge in [0, 0.05) is 19.2 Å². The molecule has 4 heteroatoms. The summed E-state index contributed by atoms with van der Waals surface area (Å²) in [5, 5.41) is 3.62. The molecule has 1 aliphatic rings. The first-order chi connectivity index (χ1) is 11.2. The van der Waals surface area contributed by atoms with Crippen molar-refractivity contribution in [3.63, 3.8) is 0 Å². The minimum absolute atomic E-state index is 0.156. The van der Waals surface area contributed by atoms with E-state index in [1.54, 1.807) is 12.2 Å². The number of nitrogens with zero attached hydrogens (tertiary/aromatic N) is 1. The number of hydrogen-bond acceptors (Lipinski definition) is 2. The van der Waals surface area contributed by atoms with Crippen LogP contribution >= 0.6 is 11.6 Å². The molecule has 0 saturated carbocycles. The Balaban J connectivity index is 1.76. The maximum Gasteiger partial charge on any atom is 0.248 e. The number of halogens is 1. The highest BCUT2D eigenvalue weighted by atomic mass is 35.5. The zero-order valence-electron chi connectivity index (χ0n) is 12.8. The van der Waals surface area contributed by atoms with Crippen LogP contribution in [0, 0.1) is 0 Å². The number of benzene rings is 2. The van der Waals surface area contributed by atoms with Crippen LogP contribution in [0.3, 0.4) is 0 Å². The van der Waals surface area contributed by atoms with Crippen LogP contribution in [0.25, 0.3) is 6.08 Å². The number of nitrogens with one attached hydrogen (secondary N) is 1. The number of rotatable bonds is 4. The van der Waals surface area contributed by atoms with Crippen LogP contribution < -0.4 is 10.2 Å². The first-order valence-corrected chi connectivity index (χ1v) is 8.19. The van der Waals surface area contributed by atoms with E-state index in [1.807, 2.05) is 48.5 Å².